The molecule has 0 saturated heterocycles. The lowest BCUT2D eigenvalue weighted by atomic mass is 10.0. The molecule has 0 bridgehead atoms. The van der Waals surface area contributed by atoms with Crippen LogP contribution in [0.3, 0.4) is 0 Å². The van der Waals surface area contributed by atoms with E-state index in [1.54, 1.807) is 7.11 Å². The van der Waals surface area contributed by atoms with Crippen molar-refractivity contribution in [2.24, 2.45) is 0 Å². The van der Waals surface area contributed by atoms with Crippen LogP contribution in [0.2, 0.25) is 0 Å². The Morgan fingerprint density at radius 1 is 0.842 bits per heavy atom. The fourth-order valence-electron chi connectivity index (χ4n) is 2.55. The van der Waals surface area contributed by atoms with Gasteiger partial charge in [0, 0.05) is 0 Å². The number of fused-ring (bicyclic) bond motifs is 4. The number of hydrogen-bond donors (Lipinski definition) is 0. The Bertz CT molecular complexity index is 793. The van der Waals surface area contributed by atoms with Crippen LogP contribution in [-0.4, -0.2) is 13.9 Å². The van der Waals surface area contributed by atoms with Gasteiger partial charge in [0.25, 0.3) is 0 Å². The molecule has 0 fully saturated rings. The van der Waals surface area contributed by atoms with Crippen molar-refractivity contribution in [3.05, 3.63) is 42.5 Å². The van der Waals surface area contributed by atoms with Gasteiger partial charge in [0.2, 0.25) is 6.79 Å². The van der Waals surface area contributed by atoms with Gasteiger partial charge in [0.05, 0.1) is 7.11 Å². The maximum atomic E-state index is 5.46. The minimum absolute atomic E-state index is 0.299. The summed E-state index contributed by atoms with van der Waals surface area (Å²) in [6, 6.07) is 14.4. The third-order valence-electron chi connectivity index (χ3n) is 3.54. The van der Waals surface area contributed by atoms with Crippen molar-refractivity contribution in [2.75, 3.05) is 13.9 Å². The summed E-state index contributed by atoms with van der Waals surface area (Å²) in [5.74, 6) is 2.48. The Morgan fingerprint density at radius 3 is 2.37 bits per heavy atom. The van der Waals surface area contributed by atoms with Crippen LogP contribution in [0.15, 0.2) is 42.5 Å². The van der Waals surface area contributed by atoms with Gasteiger partial charge in [0.1, 0.15) is 5.75 Å². The summed E-state index contributed by atoms with van der Waals surface area (Å²) in [5.41, 5.74) is 0. The number of benzene rings is 3. The molecule has 0 saturated carbocycles. The summed E-state index contributed by atoms with van der Waals surface area (Å²) in [5, 5.41) is 4.65. The average molecular weight is 252 g/mol. The molecular formula is C16H12O3. The molecule has 0 amide bonds. The van der Waals surface area contributed by atoms with Crippen LogP contribution in [0.25, 0.3) is 21.5 Å². The molecule has 19 heavy (non-hydrogen) atoms. The van der Waals surface area contributed by atoms with Gasteiger partial charge in [-0.05, 0) is 45.8 Å². The lowest BCUT2D eigenvalue weighted by Crippen LogP contribution is -1.92. The maximum Gasteiger partial charge on any atom is 0.231 e. The Labute approximate surface area is 110 Å². The van der Waals surface area contributed by atoms with Crippen LogP contribution in [-0.2, 0) is 0 Å². The van der Waals surface area contributed by atoms with Crippen LogP contribution in [0.5, 0.6) is 17.2 Å². The molecule has 0 atom stereocenters. The number of methoxy groups -OCH3 is 1. The van der Waals surface area contributed by atoms with E-state index in [0.29, 0.717) is 6.79 Å². The normalized spacial score (nSPS) is 13.1. The quantitative estimate of drug-likeness (QED) is 0.618. The van der Waals surface area contributed by atoms with Crippen molar-refractivity contribution in [1.29, 1.82) is 0 Å². The molecular weight excluding hydrogens is 240 g/mol. The molecule has 1 aliphatic heterocycles. The number of ether oxygens (including phenoxy) is 3. The van der Waals surface area contributed by atoms with Crippen LogP contribution in [0, 0.1) is 0 Å². The summed E-state index contributed by atoms with van der Waals surface area (Å²) in [7, 11) is 1.68. The van der Waals surface area contributed by atoms with Crippen molar-refractivity contribution in [3.63, 3.8) is 0 Å². The Kier molecular flexibility index (Phi) is 2.09. The summed E-state index contributed by atoms with van der Waals surface area (Å²) in [6.45, 7) is 0.299. The second-order valence-electron chi connectivity index (χ2n) is 4.58. The predicted octanol–water partition coefficient (Wildman–Crippen LogP) is 3.73. The molecule has 3 aromatic carbocycles. The van der Waals surface area contributed by atoms with Gasteiger partial charge in [-0.25, -0.2) is 0 Å². The first-order chi connectivity index (χ1) is 9.35. The highest BCUT2D eigenvalue weighted by Gasteiger charge is 2.15. The van der Waals surface area contributed by atoms with Crippen molar-refractivity contribution >= 4 is 21.5 Å². The van der Waals surface area contributed by atoms with E-state index in [0.717, 1.165) is 33.4 Å². The van der Waals surface area contributed by atoms with E-state index in [1.165, 1.54) is 5.39 Å². The van der Waals surface area contributed by atoms with Crippen molar-refractivity contribution in [1.82, 2.24) is 0 Å². The van der Waals surface area contributed by atoms with Gasteiger partial charge < -0.3 is 14.2 Å². The summed E-state index contributed by atoms with van der Waals surface area (Å²) < 4.78 is 16.2. The fourth-order valence-corrected chi connectivity index (χ4v) is 2.55. The van der Waals surface area contributed by atoms with Crippen molar-refractivity contribution < 1.29 is 14.2 Å². The number of hydrogen-bond acceptors (Lipinski definition) is 3. The zero-order valence-electron chi connectivity index (χ0n) is 10.5. The second kappa shape index (κ2) is 3.79. The van der Waals surface area contributed by atoms with Crippen molar-refractivity contribution in [3.8, 4) is 17.2 Å². The lowest BCUT2D eigenvalue weighted by Gasteiger charge is -2.07. The van der Waals surface area contributed by atoms with Gasteiger partial charge in [-0.1, -0.05) is 18.2 Å². The third kappa shape index (κ3) is 1.51. The first kappa shape index (κ1) is 10.5. The van der Waals surface area contributed by atoms with Crippen LogP contribution in [0.1, 0.15) is 0 Å². The Morgan fingerprint density at radius 2 is 1.53 bits per heavy atom. The van der Waals surface area contributed by atoms with Gasteiger partial charge >= 0.3 is 0 Å². The smallest absolute Gasteiger partial charge is 0.231 e. The van der Waals surface area contributed by atoms with E-state index >= 15 is 0 Å². The highest BCUT2D eigenvalue weighted by atomic mass is 16.7. The van der Waals surface area contributed by atoms with E-state index < -0.39 is 0 Å². The Hall–Kier alpha value is -2.42. The largest absolute Gasteiger partial charge is 0.497 e. The monoisotopic (exact) mass is 252 g/mol. The minimum atomic E-state index is 0.299. The van der Waals surface area contributed by atoms with Crippen LogP contribution >= 0.6 is 0 Å². The zero-order valence-corrected chi connectivity index (χ0v) is 10.5. The molecule has 1 aliphatic rings. The Balaban J connectivity index is 2.11. The van der Waals surface area contributed by atoms with Gasteiger partial charge in [-0.15, -0.1) is 0 Å². The molecule has 0 radical (unpaired) electrons. The maximum absolute atomic E-state index is 5.46. The van der Waals surface area contributed by atoms with E-state index in [1.807, 2.05) is 18.2 Å². The molecule has 4 rings (SSSR count). The minimum Gasteiger partial charge on any atom is -0.497 e. The molecule has 0 unspecified atom stereocenters. The molecule has 94 valence electrons. The average Bonchev–Trinajstić information content (AvgIpc) is 2.91. The van der Waals surface area contributed by atoms with Gasteiger partial charge in [-0.3, -0.25) is 0 Å². The third-order valence-corrected chi connectivity index (χ3v) is 3.54. The summed E-state index contributed by atoms with van der Waals surface area (Å²) in [4.78, 5) is 0. The summed E-state index contributed by atoms with van der Waals surface area (Å²) >= 11 is 0. The molecule has 0 aromatic heterocycles. The van der Waals surface area contributed by atoms with Gasteiger partial charge in [0.15, 0.2) is 11.5 Å². The summed E-state index contributed by atoms with van der Waals surface area (Å²) in [6.07, 6.45) is 0. The highest BCUT2D eigenvalue weighted by molar-refractivity contribution is 6.09. The van der Waals surface area contributed by atoms with Crippen molar-refractivity contribution in [2.45, 2.75) is 0 Å². The zero-order chi connectivity index (χ0) is 12.8. The molecule has 1 heterocycles. The lowest BCUT2D eigenvalue weighted by molar-refractivity contribution is 0.174. The predicted molar refractivity (Wildman–Crippen MR) is 74.1 cm³/mol. The molecule has 3 nitrogen and oxygen atoms in total. The van der Waals surface area contributed by atoms with E-state index in [4.69, 9.17) is 14.2 Å². The molecule has 3 heteroatoms. The van der Waals surface area contributed by atoms with E-state index in [2.05, 4.69) is 24.3 Å². The first-order valence-electron chi connectivity index (χ1n) is 6.15. The number of rotatable bonds is 1. The second-order valence-corrected chi connectivity index (χ2v) is 4.58. The van der Waals surface area contributed by atoms with E-state index in [-0.39, 0.29) is 0 Å². The van der Waals surface area contributed by atoms with Crippen LogP contribution in [0.4, 0.5) is 0 Å². The van der Waals surface area contributed by atoms with Crippen LogP contribution < -0.4 is 14.2 Å². The topological polar surface area (TPSA) is 27.7 Å². The molecule has 3 aromatic rings. The SMILES string of the molecule is COc1ccc2ccc3cc4c(cc3c2c1)OCO4. The highest BCUT2D eigenvalue weighted by Crippen LogP contribution is 2.39. The molecule has 0 spiro atoms. The van der Waals surface area contributed by atoms with E-state index in [9.17, 15) is 0 Å². The first-order valence-corrected chi connectivity index (χ1v) is 6.15. The molecule has 0 N–H and O–H groups in total. The van der Waals surface area contributed by atoms with Gasteiger partial charge in [-0.2, -0.15) is 0 Å². The molecule has 0 aliphatic carbocycles. The standard InChI is InChI=1S/C16H12O3/c1-17-12-5-4-10-2-3-11-6-15-16(19-9-18-15)8-14(11)13(10)7-12/h2-8H,9H2,1H3. The fraction of sp³-hybridized carbons (Fsp3) is 0.125.